The van der Waals surface area contributed by atoms with Gasteiger partial charge in [-0.05, 0) is 43.5 Å². The largest absolute Gasteiger partial charge is 0.421 e. The number of rotatable bonds is 7. The van der Waals surface area contributed by atoms with Crippen LogP contribution in [0.25, 0.3) is 0 Å². The molecule has 2 amide bonds. The highest BCUT2D eigenvalue weighted by Gasteiger charge is 2.36. The molecule has 1 aromatic carbocycles. The van der Waals surface area contributed by atoms with E-state index in [-0.39, 0.29) is 29.3 Å². The third-order valence-corrected chi connectivity index (χ3v) is 5.38. The average molecular weight is 477 g/mol. The molecular formula is C23H27F3N6O2. The summed E-state index contributed by atoms with van der Waals surface area (Å²) >= 11 is 0. The molecule has 1 fully saturated rings. The van der Waals surface area contributed by atoms with Crippen molar-refractivity contribution >= 4 is 35.0 Å². The van der Waals surface area contributed by atoms with E-state index in [1.54, 1.807) is 36.9 Å². The van der Waals surface area contributed by atoms with E-state index >= 15 is 0 Å². The summed E-state index contributed by atoms with van der Waals surface area (Å²) in [6.07, 6.45) is -1.03. The molecular weight excluding hydrogens is 449 g/mol. The maximum absolute atomic E-state index is 13.7. The zero-order valence-electron chi connectivity index (χ0n) is 19.0. The quantitative estimate of drug-likeness (QED) is 0.510. The van der Waals surface area contributed by atoms with Gasteiger partial charge in [-0.2, -0.15) is 18.2 Å². The maximum atomic E-state index is 13.7. The fourth-order valence-corrected chi connectivity index (χ4v) is 3.66. The average Bonchev–Trinajstić information content (AvgIpc) is 2.79. The van der Waals surface area contributed by atoms with Crippen LogP contribution in [-0.2, 0) is 15.8 Å². The van der Waals surface area contributed by atoms with Crippen molar-refractivity contribution in [3.8, 4) is 0 Å². The summed E-state index contributed by atoms with van der Waals surface area (Å²) in [5.41, 5.74) is 0.265. The normalized spacial score (nSPS) is 16.0. The van der Waals surface area contributed by atoms with Crippen LogP contribution in [-0.4, -0.2) is 45.8 Å². The Labute approximate surface area is 195 Å². The first kappa shape index (κ1) is 25.0. The third kappa shape index (κ3) is 6.24. The van der Waals surface area contributed by atoms with Gasteiger partial charge in [0.25, 0.3) is 0 Å². The van der Waals surface area contributed by atoms with Gasteiger partial charge >= 0.3 is 6.18 Å². The van der Waals surface area contributed by atoms with Gasteiger partial charge in [-0.1, -0.05) is 19.6 Å². The zero-order valence-corrected chi connectivity index (χ0v) is 19.0. The van der Waals surface area contributed by atoms with Crippen LogP contribution in [0.1, 0.15) is 37.3 Å². The number of aryl methyl sites for hydroxylation is 1. The molecule has 1 aromatic heterocycles. The maximum Gasteiger partial charge on any atom is 0.421 e. The summed E-state index contributed by atoms with van der Waals surface area (Å²) in [7, 11) is 0. The number of nitrogens with zero attached hydrogens (tertiary/aromatic N) is 3. The number of benzene rings is 1. The van der Waals surface area contributed by atoms with Crippen molar-refractivity contribution in [1.82, 2.24) is 14.9 Å². The molecule has 1 aliphatic heterocycles. The van der Waals surface area contributed by atoms with Crippen LogP contribution in [0.3, 0.4) is 0 Å². The summed E-state index contributed by atoms with van der Waals surface area (Å²) in [6.45, 7) is 8.04. The van der Waals surface area contributed by atoms with E-state index in [0.29, 0.717) is 25.7 Å². The predicted molar refractivity (Wildman–Crippen MR) is 124 cm³/mol. The summed E-state index contributed by atoms with van der Waals surface area (Å²) in [5, 5.41) is 8.33. The predicted octanol–water partition coefficient (Wildman–Crippen LogP) is 4.48. The number of aromatic nitrogens is 2. The van der Waals surface area contributed by atoms with E-state index in [1.165, 1.54) is 0 Å². The van der Waals surface area contributed by atoms with E-state index in [0.717, 1.165) is 24.5 Å². The highest BCUT2D eigenvalue weighted by Crippen LogP contribution is 2.36. The van der Waals surface area contributed by atoms with E-state index in [4.69, 9.17) is 0 Å². The van der Waals surface area contributed by atoms with Crippen molar-refractivity contribution in [3.63, 3.8) is 0 Å². The van der Waals surface area contributed by atoms with Gasteiger partial charge in [0.15, 0.2) is 0 Å². The van der Waals surface area contributed by atoms with Crippen molar-refractivity contribution in [2.45, 2.75) is 45.3 Å². The lowest BCUT2D eigenvalue weighted by Gasteiger charge is -2.33. The van der Waals surface area contributed by atoms with Crippen LogP contribution in [0.15, 0.2) is 37.1 Å². The van der Waals surface area contributed by atoms with Gasteiger partial charge in [0.1, 0.15) is 11.4 Å². The Morgan fingerprint density at radius 2 is 2.06 bits per heavy atom. The molecule has 1 saturated heterocycles. The van der Waals surface area contributed by atoms with Crippen molar-refractivity contribution in [3.05, 3.63) is 48.2 Å². The number of halogens is 3. The molecule has 0 bridgehead atoms. The summed E-state index contributed by atoms with van der Waals surface area (Å²) in [6, 6.07) is 4.69. The number of hydrogen-bond donors (Lipinski definition) is 3. The van der Waals surface area contributed by atoms with E-state index in [2.05, 4.69) is 32.5 Å². The number of nitrogens with one attached hydrogen (secondary N) is 3. The lowest BCUT2D eigenvalue weighted by atomic mass is 10.1. The lowest BCUT2D eigenvalue weighted by molar-refractivity contribution is -0.137. The van der Waals surface area contributed by atoms with Crippen molar-refractivity contribution < 1.29 is 22.8 Å². The molecule has 1 unspecified atom stereocenters. The molecule has 8 nitrogen and oxygen atoms in total. The van der Waals surface area contributed by atoms with Gasteiger partial charge in [-0.25, -0.2) is 4.98 Å². The first-order chi connectivity index (χ1) is 16.1. The fraction of sp³-hybridized carbons (Fsp3) is 0.391. The molecule has 0 radical (unpaired) electrons. The Morgan fingerprint density at radius 3 is 2.74 bits per heavy atom. The number of amides is 2. The Morgan fingerprint density at radius 1 is 1.29 bits per heavy atom. The van der Waals surface area contributed by atoms with Gasteiger partial charge in [0, 0.05) is 31.7 Å². The first-order valence-electron chi connectivity index (χ1n) is 10.9. The lowest BCUT2D eigenvalue weighted by Crippen LogP contribution is -2.45. The number of carbonyl (C=O) groups excluding carboxylic acids is 2. The van der Waals surface area contributed by atoms with Crippen molar-refractivity contribution in [2.24, 2.45) is 0 Å². The minimum absolute atomic E-state index is 0.00934. The molecule has 1 aliphatic rings. The summed E-state index contributed by atoms with van der Waals surface area (Å²) < 4.78 is 41.0. The molecule has 3 N–H and O–H groups in total. The molecule has 11 heteroatoms. The van der Waals surface area contributed by atoms with Crippen LogP contribution in [0.5, 0.6) is 0 Å². The third-order valence-electron chi connectivity index (χ3n) is 5.38. The van der Waals surface area contributed by atoms with E-state index in [9.17, 15) is 22.8 Å². The minimum atomic E-state index is -4.70. The summed E-state index contributed by atoms with van der Waals surface area (Å²) in [5.74, 6) is -0.927. The Hall–Kier alpha value is -3.63. The number of anilines is 4. The smallest absolute Gasteiger partial charge is 0.350 e. The number of likely N-dealkylation sites (tertiary alicyclic amines) is 1. The number of carbonyl (C=O) groups is 2. The van der Waals surface area contributed by atoms with E-state index in [1.807, 2.05) is 0 Å². The van der Waals surface area contributed by atoms with Crippen LogP contribution >= 0.6 is 0 Å². The van der Waals surface area contributed by atoms with Gasteiger partial charge in [0.05, 0.1) is 11.4 Å². The SMILES string of the molecule is C=CC(=O)Nc1cc(C)ccc1Nc1nc(NC2CCCN(C(=O)CC)C2)ncc1C(F)(F)F. The topological polar surface area (TPSA) is 99.2 Å². The Balaban J connectivity index is 1.90. The molecule has 182 valence electrons. The number of hydrogen-bond acceptors (Lipinski definition) is 6. The van der Waals surface area contributed by atoms with Crippen LogP contribution < -0.4 is 16.0 Å². The molecule has 34 heavy (non-hydrogen) atoms. The molecule has 0 saturated carbocycles. The Bertz CT molecular complexity index is 1070. The second kappa shape index (κ2) is 10.5. The number of piperidine rings is 1. The second-order valence-corrected chi connectivity index (χ2v) is 8.00. The minimum Gasteiger partial charge on any atom is -0.350 e. The van der Waals surface area contributed by atoms with Gasteiger partial charge < -0.3 is 20.9 Å². The second-order valence-electron chi connectivity index (χ2n) is 8.00. The highest BCUT2D eigenvalue weighted by atomic mass is 19.4. The van der Waals surface area contributed by atoms with Gasteiger partial charge in [-0.3, -0.25) is 9.59 Å². The molecule has 2 aromatic rings. The first-order valence-corrected chi connectivity index (χ1v) is 10.9. The molecule has 1 atom stereocenters. The van der Waals surface area contributed by atoms with Crippen LogP contribution in [0.2, 0.25) is 0 Å². The van der Waals surface area contributed by atoms with Crippen LogP contribution in [0.4, 0.5) is 36.3 Å². The zero-order chi connectivity index (χ0) is 24.9. The Kier molecular flexibility index (Phi) is 7.75. The molecule has 0 spiro atoms. The fourth-order valence-electron chi connectivity index (χ4n) is 3.66. The number of alkyl halides is 3. The molecule has 0 aliphatic carbocycles. The standard InChI is InChI=1S/C23H27F3N6O2/c1-4-19(33)29-18-11-14(3)8-9-17(18)30-21-16(23(24,25)26)12-27-22(31-21)28-15-7-6-10-32(13-15)20(34)5-2/h4,8-9,11-12,15H,1,5-7,10,13H2,2-3H3,(H,29,33)(H2,27,28,30,31). The van der Waals surface area contributed by atoms with E-state index < -0.39 is 23.5 Å². The van der Waals surface area contributed by atoms with Gasteiger partial charge in [0.2, 0.25) is 17.8 Å². The van der Waals surface area contributed by atoms with Crippen molar-refractivity contribution in [2.75, 3.05) is 29.0 Å². The van der Waals surface area contributed by atoms with Crippen molar-refractivity contribution in [1.29, 1.82) is 0 Å². The van der Waals surface area contributed by atoms with Gasteiger partial charge in [-0.15, -0.1) is 0 Å². The van der Waals surface area contributed by atoms with Crippen LogP contribution in [0, 0.1) is 6.92 Å². The monoisotopic (exact) mass is 476 g/mol. The molecule has 2 heterocycles. The molecule has 3 rings (SSSR count). The highest BCUT2D eigenvalue weighted by molar-refractivity contribution is 6.01. The summed E-state index contributed by atoms with van der Waals surface area (Å²) in [4.78, 5) is 33.5.